The number of nitro groups is 1. The van der Waals surface area contributed by atoms with E-state index in [1.54, 1.807) is 13.0 Å². The van der Waals surface area contributed by atoms with Crippen LogP contribution in [0.4, 0.5) is 5.69 Å². The van der Waals surface area contributed by atoms with E-state index in [1.807, 2.05) is 0 Å². The van der Waals surface area contributed by atoms with Crippen molar-refractivity contribution in [3.05, 3.63) is 33.9 Å². The van der Waals surface area contributed by atoms with Crippen molar-refractivity contribution in [2.45, 2.75) is 12.1 Å². The van der Waals surface area contributed by atoms with E-state index in [0.29, 0.717) is 5.56 Å². The van der Waals surface area contributed by atoms with Crippen LogP contribution in [0.3, 0.4) is 0 Å². The minimum atomic E-state index is -4.07. The molecule has 10 heteroatoms. The number of benzene rings is 1. The molecule has 0 aliphatic carbocycles. The van der Waals surface area contributed by atoms with Crippen LogP contribution in [-0.2, 0) is 16.1 Å². The summed E-state index contributed by atoms with van der Waals surface area (Å²) in [5.74, 6) is 0.0639. The summed E-state index contributed by atoms with van der Waals surface area (Å²) in [5, 5.41) is 17.8. The van der Waals surface area contributed by atoms with Crippen LogP contribution in [0.5, 0.6) is 0 Å². The van der Waals surface area contributed by atoms with Crippen LogP contribution in [0.25, 0.3) is 11.4 Å². The fourth-order valence-electron chi connectivity index (χ4n) is 1.84. The number of hydrogen-bond donors (Lipinski definition) is 0. The fraction of sp³-hybridized carbons (Fsp3) is 0.200. The van der Waals surface area contributed by atoms with E-state index in [0.717, 1.165) is 4.57 Å². The maximum Gasteiger partial charge on any atom is 0.296 e. The van der Waals surface area contributed by atoms with Crippen molar-refractivity contribution in [1.82, 2.24) is 14.8 Å². The summed E-state index contributed by atoms with van der Waals surface area (Å²) in [6.07, 6.45) is 0. The van der Waals surface area contributed by atoms with Crippen LogP contribution >= 0.6 is 10.7 Å². The average Bonchev–Trinajstić information content (AvgIpc) is 2.70. The molecule has 0 aliphatic heterocycles. The zero-order valence-electron chi connectivity index (χ0n) is 10.4. The number of nitrogens with zero attached hydrogens (tertiary/aromatic N) is 4. The molecule has 2 rings (SSSR count). The summed E-state index contributed by atoms with van der Waals surface area (Å²) in [5.41, 5.74) is 0.603. The molecule has 0 spiro atoms. The maximum absolute atomic E-state index is 11.3. The smallest absolute Gasteiger partial charge is 0.296 e. The van der Waals surface area contributed by atoms with Crippen molar-refractivity contribution in [2.24, 2.45) is 7.05 Å². The van der Waals surface area contributed by atoms with Crippen LogP contribution in [0, 0.1) is 17.0 Å². The molecule has 0 radical (unpaired) electrons. The van der Waals surface area contributed by atoms with E-state index >= 15 is 0 Å². The van der Waals surface area contributed by atoms with Gasteiger partial charge in [-0.25, -0.2) is 8.42 Å². The lowest BCUT2D eigenvalue weighted by Gasteiger charge is -2.06. The van der Waals surface area contributed by atoms with E-state index in [1.165, 1.54) is 19.2 Å². The van der Waals surface area contributed by atoms with Gasteiger partial charge < -0.3 is 0 Å². The Morgan fingerprint density at radius 1 is 1.35 bits per heavy atom. The average molecular weight is 317 g/mol. The topological polar surface area (TPSA) is 108 Å². The Hall–Kier alpha value is -2.00. The lowest BCUT2D eigenvalue weighted by atomic mass is 10.1. The van der Waals surface area contributed by atoms with Crippen molar-refractivity contribution in [1.29, 1.82) is 0 Å². The van der Waals surface area contributed by atoms with Crippen LogP contribution < -0.4 is 0 Å². The number of aryl methyl sites for hydroxylation is 1. The van der Waals surface area contributed by atoms with Crippen molar-refractivity contribution >= 4 is 25.4 Å². The zero-order chi connectivity index (χ0) is 15.1. The summed E-state index contributed by atoms with van der Waals surface area (Å²) >= 11 is 0. The first kappa shape index (κ1) is 14.4. The van der Waals surface area contributed by atoms with E-state index in [4.69, 9.17) is 10.7 Å². The number of nitro benzene ring substituents is 1. The third-order valence-electron chi connectivity index (χ3n) is 2.72. The fourth-order valence-corrected chi connectivity index (χ4v) is 2.80. The molecule has 0 aliphatic rings. The molecule has 1 aromatic carbocycles. The Morgan fingerprint density at radius 3 is 2.50 bits per heavy atom. The van der Waals surface area contributed by atoms with Crippen LogP contribution in [-0.4, -0.2) is 28.1 Å². The molecule has 0 unspecified atom stereocenters. The lowest BCUT2D eigenvalue weighted by Crippen LogP contribution is -2.04. The third-order valence-corrected chi connectivity index (χ3v) is 3.93. The monoisotopic (exact) mass is 316 g/mol. The van der Waals surface area contributed by atoms with Gasteiger partial charge in [-0.2, -0.15) is 0 Å². The number of aromatic nitrogens is 3. The first-order chi connectivity index (χ1) is 9.23. The third kappa shape index (κ3) is 2.37. The lowest BCUT2D eigenvalue weighted by molar-refractivity contribution is -0.384. The molecule has 106 valence electrons. The van der Waals surface area contributed by atoms with Crippen molar-refractivity contribution in [3.63, 3.8) is 0 Å². The van der Waals surface area contributed by atoms with Crippen LogP contribution in [0.1, 0.15) is 5.56 Å². The second-order valence-electron chi connectivity index (χ2n) is 4.03. The van der Waals surface area contributed by atoms with Gasteiger partial charge in [0.2, 0.25) is 0 Å². The second kappa shape index (κ2) is 4.84. The molecule has 0 amide bonds. The number of hydrogen-bond acceptors (Lipinski definition) is 6. The Morgan fingerprint density at radius 2 is 2.00 bits per heavy atom. The minimum absolute atomic E-state index is 0.0639. The normalized spacial score (nSPS) is 11.6. The summed E-state index contributed by atoms with van der Waals surface area (Å²) in [4.78, 5) is 10.5. The molecule has 2 aromatic rings. The summed E-state index contributed by atoms with van der Waals surface area (Å²) in [6, 6.07) is 4.50. The second-order valence-corrected chi connectivity index (χ2v) is 6.49. The first-order valence-electron chi connectivity index (χ1n) is 5.32. The van der Waals surface area contributed by atoms with Gasteiger partial charge in [0.05, 0.1) is 10.5 Å². The largest absolute Gasteiger partial charge is 0.300 e. The molecule has 1 heterocycles. The number of rotatable bonds is 3. The predicted molar refractivity (Wildman–Crippen MR) is 70.9 cm³/mol. The van der Waals surface area contributed by atoms with Gasteiger partial charge in [0, 0.05) is 23.8 Å². The standard InChI is InChI=1S/C10H9ClN4O4S/c1-6-4-3-5-7(15(16)17)8(6)9-12-13-10(14(9)2)20(11,18)19/h3-5H,1-2H3. The van der Waals surface area contributed by atoms with Crippen molar-refractivity contribution in [2.75, 3.05) is 0 Å². The Balaban J connectivity index is 2.77. The van der Waals surface area contributed by atoms with Gasteiger partial charge in [-0.3, -0.25) is 14.7 Å². The van der Waals surface area contributed by atoms with Crippen molar-refractivity contribution in [3.8, 4) is 11.4 Å². The van der Waals surface area contributed by atoms with Gasteiger partial charge in [0.15, 0.2) is 5.82 Å². The van der Waals surface area contributed by atoms with Gasteiger partial charge >= 0.3 is 0 Å². The van der Waals surface area contributed by atoms with Gasteiger partial charge in [-0.05, 0) is 12.5 Å². The summed E-state index contributed by atoms with van der Waals surface area (Å²) in [7, 11) is 2.52. The van der Waals surface area contributed by atoms with Crippen molar-refractivity contribution < 1.29 is 13.3 Å². The van der Waals surface area contributed by atoms with E-state index < -0.39 is 19.1 Å². The Labute approximate surface area is 118 Å². The predicted octanol–water partition coefficient (Wildman–Crippen LogP) is 1.63. The van der Waals surface area contributed by atoms with E-state index in [-0.39, 0.29) is 17.1 Å². The quantitative estimate of drug-likeness (QED) is 0.483. The van der Waals surface area contributed by atoms with Gasteiger partial charge in [0.25, 0.3) is 19.9 Å². The van der Waals surface area contributed by atoms with Gasteiger partial charge in [-0.15, -0.1) is 10.2 Å². The van der Waals surface area contributed by atoms with Gasteiger partial charge in [0.1, 0.15) is 0 Å². The SMILES string of the molecule is Cc1cccc([N+](=O)[O-])c1-c1nnc(S(=O)(=O)Cl)n1C. The summed E-state index contributed by atoms with van der Waals surface area (Å²) in [6.45, 7) is 1.66. The molecule has 0 bridgehead atoms. The molecule has 0 fully saturated rings. The molecule has 8 nitrogen and oxygen atoms in total. The minimum Gasteiger partial charge on any atom is -0.300 e. The Kier molecular flexibility index (Phi) is 3.48. The highest BCUT2D eigenvalue weighted by Crippen LogP contribution is 2.32. The summed E-state index contributed by atoms with van der Waals surface area (Å²) < 4.78 is 23.7. The number of halogens is 1. The first-order valence-corrected chi connectivity index (χ1v) is 7.63. The highest BCUT2D eigenvalue weighted by atomic mass is 35.7. The van der Waals surface area contributed by atoms with Crippen LogP contribution in [0.15, 0.2) is 23.4 Å². The molecule has 0 atom stereocenters. The molecule has 1 aromatic heterocycles. The maximum atomic E-state index is 11.3. The zero-order valence-corrected chi connectivity index (χ0v) is 12.0. The molecule has 0 saturated heterocycles. The van der Waals surface area contributed by atoms with E-state index in [2.05, 4.69) is 10.2 Å². The molecule has 20 heavy (non-hydrogen) atoms. The highest BCUT2D eigenvalue weighted by molar-refractivity contribution is 8.13. The Bertz CT molecular complexity index is 800. The molecular formula is C10H9ClN4O4S. The highest BCUT2D eigenvalue weighted by Gasteiger charge is 2.26. The molecular weight excluding hydrogens is 308 g/mol. The van der Waals surface area contributed by atoms with E-state index in [9.17, 15) is 18.5 Å². The van der Waals surface area contributed by atoms with Gasteiger partial charge in [-0.1, -0.05) is 12.1 Å². The van der Waals surface area contributed by atoms with Crippen LogP contribution in [0.2, 0.25) is 0 Å². The molecule has 0 N–H and O–H groups in total. The molecule has 0 saturated carbocycles.